The number of carbonyl (C=O) groups is 2. The summed E-state index contributed by atoms with van der Waals surface area (Å²) in [5.41, 5.74) is 0. The van der Waals surface area contributed by atoms with Crippen LogP contribution in [0.5, 0.6) is 0 Å². The van der Waals surface area contributed by atoms with Crippen molar-refractivity contribution in [3.8, 4) is 0 Å². The maximum atomic E-state index is 9.06. The molecule has 0 saturated carbocycles. The molecule has 0 spiro atoms. The maximum absolute atomic E-state index is 9.06. The zero-order valence-electron chi connectivity index (χ0n) is 6.46. The third-order valence-electron chi connectivity index (χ3n) is 0.167. The van der Waals surface area contributed by atoms with E-state index in [4.69, 9.17) is 19.8 Å². The summed E-state index contributed by atoms with van der Waals surface area (Å²) >= 11 is 0. The molecule has 0 saturated heterocycles. The Labute approximate surface area is 149 Å². The Balaban J connectivity index is -0.0000000564. The fourth-order valence-corrected chi connectivity index (χ4v) is 0.0680. The third kappa shape index (κ3) is 33.8. The maximum Gasteiger partial charge on any atom is 1.00 e. The summed E-state index contributed by atoms with van der Waals surface area (Å²) in [6, 6.07) is 0. The van der Waals surface area contributed by atoms with Crippen molar-refractivity contribution in [2.75, 3.05) is 0 Å². The fraction of sp³-hybridized carbons (Fsp3) is 0. The van der Waals surface area contributed by atoms with Gasteiger partial charge in [0.15, 0.2) is 0 Å². The quantitative estimate of drug-likeness (QED) is 0.171. The summed E-state index contributed by atoms with van der Waals surface area (Å²) in [6.07, 6.45) is -4.25. The van der Waals surface area contributed by atoms with Crippen molar-refractivity contribution in [3.63, 3.8) is 0 Å². The van der Waals surface area contributed by atoms with E-state index in [1.165, 1.54) is 0 Å². The Bertz CT molecular complexity index is 103. The minimum Gasteiger partial charge on any atom is -0.483 e. The van der Waals surface area contributed by atoms with Crippen LogP contribution < -0.4 is 113 Å². The second-order valence-electron chi connectivity index (χ2n) is 0.602. The summed E-state index contributed by atoms with van der Waals surface area (Å²) in [4.78, 5) is 18.1. The average Bonchev–Trinajstić information content (AvgIpc) is 1.68. The van der Waals surface area contributed by atoms with E-state index >= 15 is 0 Å². The topological polar surface area (TPSA) is 89.5 Å². The van der Waals surface area contributed by atoms with Gasteiger partial charge >= 0.3 is 103 Å². The first-order chi connectivity index (χ1) is 4.13. The van der Waals surface area contributed by atoms with Crippen LogP contribution in [-0.2, 0) is 4.74 Å². The van der Waals surface area contributed by atoms with Crippen LogP contribution in [-0.4, -0.2) is 12.3 Å². The predicted molar refractivity (Wildman–Crippen MR) is 23.1 cm³/mol. The van der Waals surface area contributed by atoms with E-state index in [-0.39, 0.29) is 103 Å². The summed E-state index contributed by atoms with van der Waals surface area (Å²) in [5.74, 6) is 0. The first kappa shape index (κ1) is 23.0. The van der Waals surface area contributed by atoms with Gasteiger partial charge in [-0.2, -0.15) is 0 Å². The number of rotatable bonds is 0. The van der Waals surface area contributed by atoms with Gasteiger partial charge in [-0.1, -0.05) is 0 Å². The Morgan fingerprint density at radius 1 is 1.00 bits per heavy atom. The second kappa shape index (κ2) is 17.7. The first-order valence-corrected chi connectivity index (χ1v) is 1.72. The summed E-state index contributed by atoms with van der Waals surface area (Å²) in [7, 11) is 0. The third-order valence-corrected chi connectivity index (χ3v) is 0.167. The Kier molecular flexibility index (Phi) is 37.1. The molecule has 0 heterocycles. The zero-order chi connectivity index (χ0) is 7.86. The average molecular weight is 210 g/mol. The van der Waals surface area contributed by atoms with E-state index in [9.17, 15) is 0 Å². The van der Waals surface area contributed by atoms with E-state index < -0.39 is 12.3 Å². The molecular weight excluding hydrogens is 206 g/mol. The molecule has 0 aliphatic heterocycles. The smallest absolute Gasteiger partial charge is 0.483 e. The molecule has 7 heteroatoms. The number of carbonyl (C=O) groups excluding carboxylic acids is 2. The van der Waals surface area contributed by atoms with Crippen LogP contribution in [0.4, 0.5) is 9.59 Å². The number of ether oxygens (including phenoxy) is 1. The second-order valence-corrected chi connectivity index (χ2v) is 0.602. The molecule has 5 nitrogen and oxygen atoms in total. The molecule has 0 bridgehead atoms. The molecule has 0 N–H and O–H groups in total. The van der Waals surface area contributed by atoms with Crippen LogP contribution in [0.25, 0.3) is 0 Å². The van der Waals surface area contributed by atoms with Crippen LogP contribution in [0.1, 0.15) is 0 Å². The van der Waals surface area contributed by atoms with E-state index in [0.29, 0.717) is 0 Å². The van der Waals surface area contributed by atoms with Crippen molar-refractivity contribution < 1.29 is 127 Å². The molecule has 0 aromatic carbocycles. The minimum atomic E-state index is -2.12. The predicted octanol–water partition coefficient (Wildman–Crippen LogP) is -7.50. The molecule has 0 fully saturated rings. The molecule has 0 unspecified atom stereocenters. The van der Waals surface area contributed by atoms with Gasteiger partial charge in [-0.15, -0.1) is 13.2 Å². The first-order valence-electron chi connectivity index (χ1n) is 1.72. The Hall–Kier alpha value is 1.75. The molecule has 0 aliphatic carbocycles. The van der Waals surface area contributed by atoms with Gasteiger partial charge in [0.1, 0.15) is 0 Å². The van der Waals surface area contributed by atoms with E-state index in [2.05, 4.69) is 17.9 Å². The van der Waals surface area contributed by atoms with Gasteiger partial charge in [-0.05, 0) is 0 Å². The van der Waals surface area contributed by atoms with Crippen molar-refractivity contribution in [2.45, 2.75) is 0 Å². The van der Waals surface area contributed by atoms with Crippen LogP contribution in [0.3, 0.4) is 0 Å². The number of hydrogen-bond acceptors (Lipinski definition) is 5. The van der Waals surface area contributed by atoms with Gasteiger partial charge in [0, 0.05) is 0 Å². The van der Waals surface area contributed by atoms with Crippen molar-refractivity contribution in [1.82, 2.24) is 0 Å². The van der Waals surface area contributed by atoms with E-state index in [1.807, 2.05) is 0 Å². The van der Waals surface area contributed by atoms with E-state index in [1.54, 1.807) is 0 Å². The van der Waals surface area contributed by atoms with Gasteiger partial charge in [0.25, 0.3) is 12.3 Å². The van der Waals surface area contributed by atoms with Crippen molar-refractivity contribution >= 4 is 12.3 Å². The molecule has 11 heavy (non-hydrogen) atoms. The molecule has 0 radical (unpaired) electrons. The fourth-order valence-electron chi connectivity index (χ4n) is 0.0680. The zero-order valence-corrected chi connectivity index (χ0v) is 12.7. The van der Waals surface area contributed by atoms with Crippen LogP contribution >= 0.6 is 0 Å². The minimum absolute atomic E-state index is 0. The van der Waals surface area contributed by atoms with Crippen LogP contribution in [0.2, 0.25) is 0 Å². The summed E-state index contributed by atoms with van der Waals surface area (Å²) < 4.78 is 2.86. The van der Waals surface area contributed by atoms with Gasteiger partial charge < -0.3 is 24.5 Å². The normalized spacial score (nSPS) is 5.09. The molecule has 0 amide bonds. The number of hydrogen-bond donors (Lipinski definition) is 0. The van der Waals surface area contributed by atoms with Crippen molar-refractivity contribution in [1.29, 1.82) is 0 Å². The monoisotopic (exact) mass is 210 g/mol. The standard InChI is InChI=1S/C2H2O5.C2H4.2K/c3-1(4)7-2(5)6;1-2;;/h(H,3,4)(H,5,6);1-2H2;;/q;;2*+1/p-2. The molecule has 0 atom stereocenters. The van der Waals surface area contributed by atoms with Crippen LogP contribution in [0, 0.1) is 0 Å². The van der Waals surface area contributed by atoms with Gasteiger partial charge in [0.05, 0.1) is 0 Å². The van der Waals surface area contributed by atoms with Gasteiger partial charge in [-0.25, -0.2) is 0 Å². The van der Waals surface area contributed by atoms with Gasteiger partial charge in [0.2, 0.25) is 0 Å². The SMILES string of the molecule is C=C.O=C([O-])OC(=O)[O-].[K+].[K+]. The Morgan fingerprint density at radius 2 is 1.18 bits per heavy atom. The molecule has 0 aromatic rings. The number of carboxylic acid groups (broad SMARTS) is 2. The summed E-state index contributed by atoms with van der Waals surface area (Å²) in [5, 5.41) is 18.1. The molecule has 0 aromatic heterocycles. The molecule has 0 rings (SSSR count). The van der Waals surface area contributed by atoms with Gasteiger partial charge in [-0.3, -0.25) is 0 Å². The Morgan fingerprint density at radius 3 is 1.18 bits per heavy atom. The molecule has 0 aliphatic rings. The molecule has 52 valence electrons. The van der Waals surface area contributed by atoms with Crippen LogP contribution in [0.15, 0.2) is 13.2 Å². The largest absolute Gasteiger partial charge is 1.00 e. The molecular formula is C4H4K2O5. The summed E-state index contributed by atoms with van der Waals surface area (Å²) in [6.45, 7) is 6.00. The van der Waals surface area contributed by atoms with E-state index in [0.717, 1.165) is 0 Å². The van der Waals surface area contributed by atoms with Crippen molar-refractivity contribution in [3.05, 3.63) is 13.2 Å². The van der Waals surface area contributed by atoms with Crippen molar-refractivity contribution in [2.24, 2.45) is 0 Å².